The van der Waals surface area contributed by atoms with Crippen molar-refractivity contribution in [2.45, 2.75) is 6.42 Å². The standard InChI is InChI=1S/C17H16ClN3O5S/c1-23-11-6-9(7-12(24-2)15(11)25-3)16(22)19-17-21-20-14(26-17)8-10-4-5-13(18)27-10/h4-7H,8H2,1-3H3,(H,19,21,22). The van der Waals surface area contributed by atoms with Crippen molar-refractivity contribution in [3.05, 3.63) is 44.9 Å². The second-order valence-corrected chi connectivity index (χ2v) is 7.05. The first-order valence-electron chi connectivity index (χ1n) is 7.72. The highest BCUT2D eigenvalue weighted by Gasteiger charge is 2.19. The Balaban J connectivity index is 1.75. The van der Waals surface area contributed by atoms with Gasteiger partial charge in [0.05, 0.1) is 32.1 Å². The molecule has 0 fully saturated rings. The number of nitrogens with one attached hydrogen (secondary N) is 1. The molecule has 3 aromatic rings. The van der Waals surface area contributed by atoms with E-state index in [1.165, 1.54) is 44.8 Å². The second kappa shape index (κ2) is 8.28. The van der Waals surface area contributed by atoms with Crippen molar-refractivity contribution in [2.75, 3.05) is 26.6 Å². The van der Waals surface area contributed by atoms with E-state index in [4.69, 9.17) is 30.2 Å². The van der Waals surface area contributed by atoms with Crippen molar-refractivity contribution in [3.8, 4) is 17.2 Å². The third-order valence-corrected chi connectivity index (χ3v) is 4.80. The Morgan fingerprint density at radius 3 is 2.41 bits per heavy atom. The lowest BCUT2D eigenvalue weighted by atomic mass is 10.1. The van der Waals surface area contributed by atoms with Gasteiger partial charge < -0.3 is 18.6 Å². The van der Waals surface area contributed by atoms with Crippen molar-refractivity contribution in [2.24, 2.45) is 0 Å². The Labute approximate surface area is 164 Å². The Bertz CT molecular complexity index is 931. The summed E-state index contributed by atoms with van der Waals surface area (Å²) >= 11 is 7.33. The maximum absolute atomic E-state index is 12.5. The smallest absolute Gasteiger partial charge is 0.322 e. The van der Waals surface area contributed by atoms with Crippen LogP contribution in [0.15, 0.2) is 28.7 Å². The van der Waals surface area contributed by atoms with Crippen LogP contribution < -0.4 is 19.5 Å². The lowest BCUT2D eigenvalue weighted by Crippen LogP contribution is -2.13. The minimum atomic E-state index is -0.455. The van der Waals surface area contributed by atoms with Gasteiger partial charge in [-0.05, 0) is 24.3 Å². The van der Waals surface area contributed by atoms with Crippen LogP contribution in [0.4, 0.5) is 6.01 Å². The van der Waals surface area contributed by atoms with Crippen molar-refractivity contribution in [3.63, 3.8) is 0 Å². The van der Waals surface area contributed by atoms with Gasteiger partial charge in [0.15, 0.2) is 11.5 Å². The van der Waals surface area contributed by atoms with Crippen LogP contribution in [0.3, 0.4) is 0 Å². The zero-order chi connectivity index (χ0) is 19.4. The molecule has 0 bridgehead atoms. The molecule has 27 heavy (non-hydrogen) atoms. The number of nitrogens with zero attached hydrogens (tertiary/aromatic N) is 2. The number of thiophene rings is 1. The summed E-state index contributed by atoms with van der Waals surface area (Å²) in [6.45, 7) is 0. The van der Waals surface area contributed by atoms with Gasteiger partial charge in [-0.15, -0.1) is 16.4 Å². The molecular weight excluding hydrogens is 394 g/mol. The number of rotatable bonds is 7. The number of ether oxygens (including phenoxy) is 3. The van der Waals surface area contributed by atoms with Gasteiger partial charge >= 0.3 is 6.01 Å². The number of benzene rings is 1. The fraction of sp³-hybridized carbons (Fsp3) is 0.235. The number of halogens is 1. The zero-order valence-electron chi connectivity index (χ0n) is 14.7. The van der Waals surface area contributed by atoms with Gasteiger partial charge in [0.25, 0.3) is 5.91 Å². The average Bonchev–Trinajstić information content (AvgIpc) is 3.29. The minimum absolute atomic E-state index is 0.00796. The maximum Gasteiger partial charge on any atom is 0.322 e. The van der Waals surface area contributed by atoms with Gasteiger partial charge in [0, 0.05) is 10.4 Å². The largest absolute Gasteiger partial charge is 0.493 e. The number of carbonyl (C=O) groups is 1. The monoisotopic (exact) mass is 409 g/mol. The van der Waals surface area contributed by atoms with Crippen LogP contribution in [-0.2, 0) is 6.42 Å². The number of hydrogen-bond donors (Lipinski definition) is 1. The molecule has 8 nitrogen and oxygen atoms in total. The van der Waals surface area contributed by atoms with Crippen LogP contribution in [-0.4, -0.2) is 37.4 Å². The predicted molar refractivity (Wildman–Crippen MR) is 100 cm³/mol. The molecule has 2 aromatic heterocycles. The molecule has 0 spiro atoms. The number of amides is 1. The molecule has 0 saturated carbocycles. The molecule has 1 amide bonds. The number of aromatic nitrogens is 2. The molecule has 10 heteroatoms. The van der Waals surface area contributed by atoms with Crippen molar-refractivity contribution in [1.82, 2.24) is 10.2 Å². The van der Waals surface area contributed by atoms with Crippen LogP contribution in [0.5, 0.6) is 17.2 Å². The van der Waals surface area contributed by atoms with E-state index >= 15 is 0 Å². The van der Waals surface area contributed by atoms with E-state index in [1.54, 1.807) is 6.07 Å². The lowest BCUT2D eigenvalue weighted by Gasteiger charge is -2.13. The van der Waals surface area contributed by atoms with E-state index in [0.29, 0.717) is 33.9 Å². The summed E-state index contributed by atoms with van der Waals surface area (Å²) in [6.07, 6.45) is 0.435. The summed E-state index contributed by atoms with van der Waals surface area (Å²) < 4.78 is 21.9. The SMILES string of the molecule is COc1cc(C(=O)Nc2nnc(Cc3ccc(Cl)s3)o2)cc(OC)c1OC. The molecule has 0 aliphatic carbocycles. The van der Waals surface area contributed by atoms with E-state index in [-0.39, 0.29) is 11.6 Å². The maximum atomic E-state index is 12.5. The van der Waals surface area contributed by atoms with Gasteiger partial charge in [-0.25, -0.2) is 0 Å². The zero-order valence-corrected chi connectivity index (χ0v) is 16.3. The third-order valence-electron chi connectivity index (χ3n) is 3.57. The van der Waals surface area contributed by atoms with E-state index < -0.39 is 5.91 Å². The molecule has 3 rings (SSSR count). The summed E-state index contributed by atoms with van der Waals surface area (Å²) in [4.78, 5) is 13.5. The molecule has 0 unspecified atom stereocenters. The lowest BCUT2D eigenvalue weighted by molar-refractivity contribution is 0.102. The van der Waals surface area contributed by atoms with Gasteiger partial charge in [0.2, 0.25) is 11.6 Å². The highest BCUT2D eigenvalue weighted by Crippen LogP contribution is 2.38. The molecule has 1 N–H and O–H groups in total. The van der Waals surface area contributed by atoms with E-state index in [2.05, 4.69) is 15.5 Å². The number of hydrogen-bond acceptors (Lipinski definition) is 8. The van der Waals surface area contributed by atoms with Gasteiger partial charge in [-0.2, -0.15) is 0 Å². The summed E-state index contributed by atoms with van der Waals surface area (Å²) in [6, 6.07) is 6.73. The molecule has 0 aliphatic rings. The van der Waals surface area contributed by atoms with E-state index in [1.807, 2.05) is 6.07 Å². The van der Waals surface area contributed by atoms with Crippen molar-refractivity contribution in [1.29, 1.82) is 0 Å². The van der Waals surface area contributed by atoms with Crippen LogP contribution in [0.1, 0.15) is 21.1 Å². The van der Waals surface area contributed by atoms with Crippen LogP contribution >= 0.6 is 22.9 Å². The second-order valence-electron chi connectivity index (χ2n) is 5.25. The first-order chi connectivity index (χ1) is 13.0. The average molecular weight is 410 g/mol. The van der Waals surface area contributed by atoms with Gasteiger partial charge in [0.1, 0.15) is 0 Å². The molecule has 0 aliphatic heterocycles. The van der Waals surface area contributed by atoms with Crippen LogP contribution in [0.2, 0.25) is 4.34 Å². The van der Waals surface area contributed by atoms with E-state index in [0.717, 1.165) is 4.88 Å². The normalized spacial score (nSPS) is 10.5. The molecule has 142 valence electrons. The fourth-order valence-corrected chi connectivity index (χ4v) is 3.43. The first kappa shape index (κ1) is 19.0. The number of methoxy groups -OCH3 is 3. The molecule has 2 heterocycles. The predicted octanol–water partition coefficient (Wildman–Crippen LogP) is 3.65. The topological polar surface area (TPSA) is 95.7 Å². The van der Waals surface area contributed by atoms with Crippen molar-refractivity contribution >= 4 is 34.9 Å². The summed E-state index contributed by atoms with van der Waals surface area (Å²) in [5.74, 6) is 1.04. The Hall–Kier alpha value is -2.78. The highest BCUT2D eigenvalue weighted by atomic mass is 35.5. The molecular formula is C17H16ClN3O5S. The number of carbonyl (C=O) groups excluding carboxylic acids is 1. The van der Waals surface area contributed by atoms with Crippen LogP contribution in [0.25, 0.3) is 0 Å². The molecule has 0 radical (unpaired) electrons. The minimum Gasteiger partial charge on any atom is -0.493 e. The fourth-order valence-electron chi connectivity index (χ4n) is 2.35. The van der Waals surface area contributed by atoms with Gasteiger partial charge in [-0.1, -0.05) is 16.7 Å². The quantitative estimate of drug-likeness (QED) is 0.636. The van der Waals surface area contributed by atoms with Gasteiger partial charge in [-0.3, -0.25) is 10.1 Å². The Morgan fingerprint density at radius 2 is 1.85 bits per heavy atom. The Kier molecular flexibility index (Phi) is 5.82. The number of anilines is 1. The Morgan fingerprint density at radius 1 is 1.15 bits per heavy atom. The van der Waals surface area contributed by atoms with Crippen molar-refractivity contribution < 1.29 is 23.4 Å². The molecule has 0 atom stereocenters. The van der Waals surface area contributed by atoms with E-state index in [9.17, 15) is 4.79 Å². The summed E-state index contributed by atoms with van der Waals surface area (Å²) in [5, 5.41) is 10.3. The highest BCUT2D eigenvalue weighted by molar-refractivity contribution is 7.16. The molecule has 0 saturated heterocycles. The summed E-state index contributed by atoms with van der Waals surface area (Å²) in [5.41, 5.74) is 0.286. The first-order valence-corrected chi connectivity index (χ1v) is 8.91. The molecule has 1 aromatic carbocycles. The van der Waals surface area contributed by atoms with Crippen LogP contribution in [0, 0.1) is 0 Å². The summed E-state index contributed by atoms with van der Waals surface area (Å²) in [7, 11) is 4.43. The third kappa shape index (κ3) is 4.32.